The van der Waals surface area contributed by atoms with Crippen LogP contribution in [-0.2, 0) is 4.79 Å². The number of amides is 1. The molecule has 0 radical (unpaired) electrons. The molecule has 28 heavy (non-hydrogen) atoms. The first-order valence-corrected chi connectivity index (χ1v) is 9.68. The van der Waals surface area contributed by atoms with Crippen molar-refractivity contribution in [2.45, 2.75) is 31.6 Å². The maximum Gasteiger partial charge on any atom is 0.269 e. The lowest BCUT2D eigenvalue weighted by Crippen LogP contribution is -2.19. The summed E-state index contributed by atoms with van der Waals surface area (Å²) >= 11 is 1.28. The van der Waals surface area contributed by atoms with Crippen molar-refractivity contribution in [3.05, 3.63) is 63.2 Å². The molecule has 0 bridgehead atoms. The highest BCUT2D eigenvalue weighted by Gasteiger charge is 2.10. The number of nitro benzene ring substituents is 1. The van der Waals surface area contributed by atoms with E-state index in [1.807, 2.05) is 19.1 Å². The molecule has 0 aliphatic heterocycles. The number of benzene rings is 2. The molecule has 0 heterocycles. The zero-order chi connectivity index (χ0) is 20.7. The molecule has 2 rings (SSSR count). The summed E-state index contributed by atoms with van der Waals surface area (Å²) in [4.78, 5) is 22.9. The van der Waals surface area contributed by atoms with E-state index in [1.54, 1.807) is 25.5 Å². The van der Waals surface area contributed by atoms with Crippen LogP contribution < -0.4 is 10.2 Å². The molecule has 7 nitrogen and oxygen atoms in total. The first-order chi connectivity index (χ1) is 13.3. The number of methoxy groups -OCH3 is 1. The van der Waals surface area contributed by atoms with Crippen molar-refractivity contribution < 1.29 is 14.5 Å². The number of nitrogens with one attached hydrogen (secondary N) is 1. The molecule has 8 heteroatoms. The molecular weight excluding hydrogens is 378 g/mol. The van der Waals surface area contributed by atoms with Gasteiger partial charge in [-0.15, -0.1) is 11.8 Å². The van der Waals surface area contributed by atoms with Gasteiger partial charge in [-0.2, -0.15) is 5.10 Å². The van der Waals surface area contributed by atoms with E-state index in [2.05, 4.69) is 24.4 Å². The van der Waals surface area contributed by atoms with Crippen LogP contribution in [0.4, 0.5) is 5.69 Å². The van der Waals surface area contributed by atoms with Crippen LogP contribution in [0.1, 0.15) is 36.5 Å². The molecule has 0 aliphatic carbocycles. The minimum absolute atomic E-state index is 0.0222. The Hall–Kier alpha value is -2.87. The summed E-state index contributed by atoms with van der Waals surface area (Å²) in [6.07, 6.45) is 1.62. The second-order valence-corrected chi connectivity index (χ2v) is 7.49. The van der Waals surface area contributed by atoms with E-state index >= 15 is 0 Å². The maximum absolute atomic E-state index is 12.0. The summed E-state index contributed by atoms with van der Waals surface area (Å²) in [5.74, 6) is 1.05. The molecule has 0 fully saturated rings. The summed E-state index contributed by atoms with van der Waals surface area (Å²) in [5.41, 5.74) is 5.52. The maximum atomic E-state index is 12.0. The number of nitrogens with zero attached hydrogens (tertiary/aromatic N) is 2. The molecule has 0 saturated heterocycles. The van der Waals surface area contributed by atoms with Gasteiger partial charge in [-0.05, 0) is 53.8 Å². The average Bonchev–Trinajstić information content (AvgIpc) is 2.67. The molecular formula is C20H23N3O4S. The third-order valence-corrected chi connectivity index (χ3v) is 5.06. The molecule has 0 aliphatic rings. The number of hydrogen-bond acceptors (Lipinski definition) is 6. The van der Waals surface area contributed by atoms with Gasteiger partial charge in [0.25, 0.3) is 5.69 Å². The quantitative estimate of drug-likeness (QED) is 0.308. The van der Waals surface area contributed by atoms with Crippen molar-refractivity contribution >= 4 is 29.6 Å². The van der Waals surface area contributed by atoms with Gasteiger partial charge in [0.15, 0.2) is 0 Å². The van der Waals surface area contributed by atoms with Gasteiger partial charge in [-0.3, -0.25) is 14.9 Å². The van der Waals surface area contributed by atoms with Crippen molar-refractivity contribution in [1.82, 2.24) is 5.43 Å². The third-order valence-electron chi connectivity index (χ3n) is 4.05. The first-order valence-electron chi connectivity index (χ1n) is 8.69. The first kappa shape index (κ1) is 21.4. The Balaban J connectivity index is 1.94. The summed E-state index contributed by atoms with van der Waals surface area (Å²) in [5, 5.41) is 14.7. The van der Waals surface area contributed by atoms with E-state index in [-0.39, 0.29) is 17.3 Å². The SMILES string of the molecule is COc1cc(C)c(/C=N\NC(=O)CSc2ccc([N+](=O)[O-])cc2)cc1C(C)C. The summed E-state index contributed by atoms with van der Waals surface area (Å²) in [6, 6.07) is 10.0. The average molecular weight is 401 g/mol. The number of non-ortho nitro benzene ring substituents is 1. The highest BCUT2D eigenvalue weighted by Crippen LogP contribution is 2.29. The van der Waals surface area contributed by atoms with Crippen molar-refractivity contribution in [1.29, 1.82) is 0 Å². The van der Waals surface area contributed by atoms with Crippen LogP contribution in [0.15, 0.2) is 46.4 Å². The standard InChI is InChI=1S/C20H23N3O4S/c1-13(2)18-10-15(14(3)9-19(18)27-4)11-21-22-20(24)12-28-17-7-5-16(6-8-17)23(25)26/h5-11,13H,12H2,1-4H3,(H,22,24)/b21-11-. The van der Waals surface area contributed by atoms with Gasteiger partial charge in [0.1, 0.15) is 5.75 Å². The Morgan fingerprint density at radius 2 is 2.00 bits per heavy atom. The summed E-state index contributed by atoms with van der Waals surface area (Å²) < 4.78 is 5.43. The molecule has 148 valence electrons. The molecule has 1 N–H and O–H groups in total. The van der Waals surface area contributed by atoms with Crippen molar-refractivity contribution in [3.63, 3.8) is 0 Å². The van der Waals surface area contributed by atoms with Gasteiger partial charge in [0, 0.05) is 17.0 Å². The number of aryl methyl sites for hydroxylation is 1. The largest absolute Gasteiger partial charge is 0.496 e. The number of nitro groups is 1. The Bertz CT molecular complexity index is 880. The van der Waals surface area contributed by atoms with Gasteiger partial charge in [-0.25, -0.2) is 5.43 Å². The smallest absolute Gasteiger partial charge is 0.269 e. The van der Waals surface area contributed by atoms with Crippen LogP contribution in [0.2, 0.25) is 0 Å². The van der Waals surface area contributed by atoms with Crippen LogP contribution in [0, 0.1) is 17.0 Å². The zero-order valence-electron chi connectivity index (χ0n) is 16.3. The van der Waals surface area contributed by atoms with Crippen LogP contribution in [0.25, 0.3) is 0 Å². The molecule has 1 amide bonds. The van der Waals surface area contributed by atoms with Gasteiger partial charge in [-0.1, -0.05) is 13.8 Å². The van der Waals surface area contributed by atoms with Crippen LogP contribution in [0.5, 0.6) is 5.75 Å². The summed E-state index contributed by atoms with van der Waals surface area (Å²) in [7, 11) is 1.65. The fraction of sp³-hybridized carbons (Fsp3) is 0.300. The van der Waals surface area contributed by atoms with E-state index in [0.717, 1.165) is 27.3 Å². The van der Waals surface area contributed by atoms with Crippen LogP contribution >= 0.6 is 11.8 Å². The van der Waals surface area contributed by atoms with Crippen molar-refractivity contribution in [3.8, 4) is 5.75 Å². The van der Waals surface area contributed by atoms with Crippen molar-refractivity contribution in [2.24, 2.45) is 5.10 Å². The lowest BCUT2D eigenvalue weighted by Gasteiger charge is -2.14. The van der Waals surface area contributed by atoms with E-state index in [0.29, 0.717) is 5.92 Å². The second kappa shape index (κ2) is 9.89. The molecule has 2 aromatic carbocycles. The minimum atomic E-state index is -0.457. The Morgan fingerprint density at radius 3 is 2.57 bits per heavy atom. The lowest BCUT2D eigenvalue weighted by atomic mass is 9.97. The number of carbonyl (C=O) groups is 1. The molecule has 2 aromatic rings. The number of hydrazone groups is 1. The molecule has 0 aromatic heterocycles. The van der Waals surface area contributed by atoms with E-state index in [4.69, 9.17) is 4.74 Å². The Kier molecular flexibility index (Phi) is 7.57. The highest BCUT2D eigenvalue weighted by atomic mass is 32.2. The number of thioether (sulfide) groups is 1. The predicted octanol–water partition coefficient (Wildman–Crippen LogP) is 4.28. The van der Waals surface area contributed by atoms with Gasteiger partial charge < -0.3 is 4.74 Å². The second-order valence-electron chi connectivity index (χ2n) is 6.44. The lowest BCUT2D eigenvalue weighted by molar-refractivity contribution is -0.384. The number of ether oxygens (including phenoxy) is 1. The third kappa shape index (κ3) is 5.82. The predicted molar refractivity (Wildman–Crippen MR) is 111 cm³/mol. The van der Waals surface area contributed by atoms with Crippen LogP contribution in [0.3, 0.4) is 0 Å². The Labute approximate surface area is 168 Å². The minimum Gasteiger partial charge on any atom is -0.496 e. The van der Waals surface area contributed by atoms with E-state index in [1.165, 1.54) is 23.9 Å². The number of hydrogen-bond donors (Lipinski definition) is 1. The Morgan fingerprint density at radius 1 is 1.32 bits per heavy atom. The topological polar surface area (TPSA) is 93.8 Å². The van der Waals surface area contributed by atoms with Crippen LogP contribution in [-0.4, -0.2) is 29.9 Å². The van der Waals surface area contributed by atoms with Gasteiger partial charge >= 0.3 is 0 Å². The number of carbonyl (C=O) groups excluding carboxylic acids is 1. The van der Waals surface area contributed by atoms with Gasteiger partial charge in [0.2, 0.25) is 5.91 Å². The zero-order valence-corrected chi connectivity index (χ0v) is 17.1. The monoisotopic (exact) mass is 401 g/mol. The van der Waals surface area contributed by atoms with Gasteiger partial charge in [0.05, 0.1) is 24.0 Å². The normalized spacial score (nSPS) is 11.0. The fourth-order valence-electron chi connectivity index (χ4n) is 2.50. The summed E-state index contributed by atoms with van der Waals surface area (Å²) in [6.45, 7) is 6.14. The van der Waals surface area contributed by atoms with E-state index < -0.39 is 4.92 Å². The highest BCUT2D eigenvalue weighted by molar-refractivity contribution is 8.00. The molecule has 0 unspecified atom stereocenters. The number of rotatable bonds is 8. The van der Waals surface area contributed by atoms with E-state index in [9.17, 15) is 14.9 Å². The molecule has 0 saturated carbocycles. The molecule has 0 atom stereocenters. The van der Waals surface area contributed by atoms with Crippen molar-refractivity contribution in [2.75, 3.05) is 12.9 Å². The fourth-order valence-corrected chi connectivity index (χ4v) is 3.19. The molecule has 0 spiro atoms.